The van der Waals surface area contributed by atoms with E-state index in [1.54, 1.807) is 18.2 Å². The number of nitrogens with one attached hydrogen (secondary N) is 2. The first-order valence-corrected chi connectivity index (χ1v) is 7.57. The molecule has 24 heavy (non-hydrogen) atoms. The van der Waals surface area contributed by atoms with E-state index in [9.17, 15) is 9.59 Å². The van der Waals surface area contributed by atoms with E-state index in [4.69, 9.17) is 4.74 Å². The molecule has 0 spiro atoms. The molecule has 1 aromatic heterocycles. The van der Waals surface area contributed by atoms with E-state index in [0.29, 0.717) is 22.3 Å². The smallest absolute Gasteiger partial charge is 0.261 e. The zero-order chi connectivity index (χ0) is 17.3. The van der Waals surface area contributed by atoms with Crippen molar-refractivity contribution in [3.05, 3.63) is 69.5 Å². The summed E-state index contributed by atoms with van der Waals surface area (Å²) < 4.78 is 5.23. The number of hydrogen-bond acceptors (Lipinski definition) is 3. The van der Waals surface area contributed by atoms with Gasteiger partial charge in [-0.25, -0.2) is 0 Å². The maximum Gasteiger partial charge on any atom is 0.261 e. The molecule has 0 bridgehead atoms. The van der Waals surface area contributed by atoms with Crippen LogP contribution in [0.3, 0.4) is 0 Å². The Morgan fingerprint density at radius 1 is 1.12 bits per heavy atom. The summed E-state index contributed by atoms with van der Waals surface area (Å²) in [4.78, 5) is 28.1. The Labute approximate surface area is 139 Å². The number of ether oxygens (including phenoxy) is 1. The number of para-hydroxylation sites is 1. The number of fused-ring (bicyclic) bond motifs is 1. The van der Waals surface area contributed by atoms with E-state index in [0.717, 1.165) is 11.1 Å². The number of H-pyrrole nitrogens is 1. The number of aromatic nitrogens is 1. The molecule has 122 valence electrons. The number of amides is 1. The Morgan fingerprint density at radius 2 is 1.83 bits per heavy atom. The third-order valence-electron chi connectivity index (χ3n) is 3.82. The zero-order valence-corrected chi connectivity index (χ0v) is 13.8. The highest BCUT2D eigenvalue weighted by atomic mass is 16.5. The fourth-order valence-electron chi connectivity index (χ4n) is 2.81. The molecular weight excluding hydrogens is 304 g/mol. The van der Waals surface area contributed by atoms with Gasteiger partial charge in [-0.2, -0.15) is 0 Å². The van der Waals surface area contributed by atoms with Crippen LogP contribution < -0.4 is 15.5 Å². The number of aryl methyl sites for hydroxylation is 2. The van der Waals surface area contributed by atoms with Crippen LogP contribution in [0.5, 0.6) is 5.75 Å². The van der Waals surface area contributed by atoms with Gasteiger partial charge in [-0.1, -0.05) is 12.1 Å². The largest absolute Gasteiger partial charge is 0.495 e. The van der Waals surface area contributed by atoms with Gasteiger partial charge in [0, 0.05) is 11.9 Å². The van der Waals surface area contributed by atoms with Gasteiger partial charge in [-0.3, -0.25) is 9.59 Å². The van der Waals surface area contributed by atoms with E-state index in [2.05, 4.69) is 10.3 Å². The first-order valence-electron chi connectivity index (χ1n) is 7.57. The molecule has 2 N–H and O–H groups in total. The lowest BCUT2D eigenvalue weighted by Gasteiger charge is -2.09. The molecule has 2 aromatic carbocycles. The van der Waals surface area contributed by atoms with Crippen LogP contribution in [0.15, 0.2) is 47.4 Å². The lowest BCUT2D eigenvalue weighted by atomic mass is 10.1. The number of rotatable bonds is 3. The number of anilines is 1. The minimum Gasteiger partial charge on any atom is -0.495 e. The summed E-state index contributed by atoms with van der Waals surface area (Å²) in [7, 11) is 1.54. The Hall–Kier alpha value is -3.08. The monoisotopic (exact) mass is 322 g/mol. The van der Waals surface area contributed by atoms with Gasteiger partial charge in [0.25, 0.3) is 5.91 Å². The summed E-state index contributed by atoms with van der Waals surface area (Å²) in [5.41, 5.74) is 3.07. The van der Waals surface area contributed by atoms with E-state index in [-0.39, 0.29) is 11.0 Å². The van der Waals surface area contributed by atoms with Crippen LogP contribution in [0, 0.1) is 13.8 Å². The molecule has 3 aromatic rings. The van der Waals surface area contributed by atoms with E-state index in [1.165, 1.54) is 13.3 Å². The molecule has 5 heteroatoms. The normalized spacial score (nSPS) is 10.6. The molecule has 0 aliphatic carbocycles. The quantitative estimate of drug-likeness (QED) is 0.776. The van der Waals surface area contributed by atoms with Crippen molar-refractivity contribution in [1.82, 2.24) is 4.98 Å². The highest BCUT2D eigenvalue weighted by molar-refractivity contribution is 6.06. The third-order valence-corrected chi connectivity index (χ3v) is 3.82. The van der Waals surface area contributed by atoms with Gasteiger partial charge in [0.05, 0.1) is 18.0 Å². The third kappa shape index (κ3) is 2.88. The van der Waals surface area contributed by atoms with E-state index in [1.807, 2.05) is 32.0 Å². The molecule has 0 unspecified atom stereocenters. The molecule has 0 atom stereocenters. The zero-order valence-electron chi connectivity index (χ0n) is 13.8. The van der Waals surface area contributed by atoms with Crippen molar-refractivity contribution >= 4 is 22.5 Å². The molecule has 0 fully saturated rings. The molecule has 0 saturated carbocycles. The number of benzene rings is 2. The average Bonchev–Trinajstić information content (AvgIpc) is 2.53. The highest BCUT2D eigenvalue weighted by Crippen LogP contribution is 2.21. The summed E-state index contributed by atoms with van der Waals surface area (Å²) in [6, 6.07) is 10.9. The first kappa shape index (κ1) is 15.8. The standard InChI is InChI=1S/C19H18N2O3/c1-11-7-12(2)9-13(8-11)21-19(23)15-10-20-17-14(18(15)22)5-4-6-16(17)24-3/h4-10H,1-3H3,(H,20,22)(H,21,23). The van der Waals surface area contributed by atoms with Crippen LogP contribution in [0.4, 0.5) is 5.69 Å². The minimum atomic E-state index is -0.439. The van der Waals surface area contributed by atoms with Crippen LogP contribution in [-0.2, 0) is 0 Å². The average molecular weight is 322 g/mol. The fourth-order valence-corrected chi connectivity index (χ4v) is 2.81. The minimum absolute atomic E-state index is 0.0647. The van der Waals surface area contributed by atoms with Crippen molar-refractivity contribution in [3.63, 3.8) is 0 Å². The summed E-state index contributed by atoms with van der Waals surface area (Å²) >= 11 is 0. The lowest BCUT2D eigenvalue weighted by Crippen LogP contribution is -2.22. The second kappa shape index (κ2) is 6.20. The summed E-state index contributed by atoms with van der Waals surface area (Å²) in [5.74, 6) is 0.122. The summed E-state index contributed by atoms with van der Waals surface area (Å²) in [6.07, 6.45) is 1.42. The molecule has 0 aliphatic heterocycles. The molecule has 0 aliphatic rings. The van der Waals surface area contributed by atoms with Gasteiger partial charge in [0.15, 0.2) is 0 Å². The van der Waals surface area contributed by atoms with Gasteiger partial charge < -0.3 is 15.0 Å². The fraction of sp³-hybridized carbons (Fsp3) is 0.158. The van der Waals surface area contributed by atoms with Crippen molar-refractivity contribution in [1.29, 1.82) is 0 Å². The maximum absolute atomic E-state index is 12.6. The van der Waals surface area contributed by atoms with Crippen LogP contribution in [0.25, 0.3) is 10.9 Å². The Morgan fingerprint density at radius 3 is 2.50 bits per heavy atom. The van der Waals surface area contributed by atoms with E-state index >= 15 is 0 Å². The lowest BCUT2D eigenvalue weighted by molar-refractivity contribution is 0.102. The predicted octanol–water partition coefficient (Wildman–Crippen LogP) is 3.41. The van der Waals surface area contributed by atoms with Crippen LogP contribution in [0.1, 0.15) is 21.5 Å². The van der Waals surface area contributed by atoms with Crippen molar-refractivity contribution < 1.29 is 9.53 Å². The molecular formula is C19H18N2O3. The number of pyridine rings is 1. The van der Waals surface area contributed by atoms with Gasteiger partial charge >= 0.3 is 0 Å². The first-order chi connectivity index (χ1) is 11.5. The molecule has 0 radical (unpaired) electrons. The van der Waals surface area contributed by atoms with Gasteiger partial charge in [-0.15, -0.1) is 0 Å². The van der Waals surface area contributed by atoms with Crippen molar-refractivity contribution in [3.8, 4) is 5.75 Å². The Bertz CT molecular complexity index is 969. The van der Waals surface area contributed by atoms with Gasteiger partial charge in [-0.05, 0) is 49.2 Å². The SMILES string of the molecule is COc1cccc2c(=O)c(C(=O)Nc3cc(C)cc(C)c3)c[nH]c12. The van der Waals surface area contributed by atoms with Crippen molar-refractivity contribution in [2.24, 2.45) is 0 Å². The van der Waals surface area contributed by atoms with Gasteiger partial charge in [0.2, 0.25) is 5.43 Å². The number of methoxy groups -OCH3 is 1. The van der Waals surface area contributed by atoms with Crippen molar-refractivity contribution in [2.75, 3.05) is 12.4 Å². The second-order valence-electron chi connectivity index (χ2n) is 5.74. The predicted molar refractivity (Wildman–Crippen MR) is 95.0 cm³/mol. The molecule has 0 saturated heterocycles. The second-order valence-corrected chi connectivity index (χ2v) is 5.74. The number of carbonyl (C=O) groups is 1. The van der Waals surface area contributed by atoms with Gasteiger partial charge in [0.1, 0.15) is 11.3 Å². The molecule has 5 nitrogen and oxygen atoms in total. The van der Waals surface area contributed by atoms with Crippen LogP contribution in [-0.4, -0.2) is 18.0 Å². The summed E-state index contributed by atoms with van der Waals surface area (Å²) in [6.45, 7) is 3.91. The highest BCUT2D eigenvalue weighted by Gasteiger charge is 2.15. The van der Waals surface area contributed by atoms with E-state index < -0.39 is 5.91 Å². The van der Waals surface area contributed by atoms with Crippen LogP contribution in [0.2, 0.25) is 0 Å². The Balaban J connectivity index is 2.01. The summed E-state index contributed by atoms with van der Waals surface area (Å²) in [5, 5.41) is 3.20. The van der Waals surface area contributed by atoms with Crippen LogP contribution >= 0.6 is 0 Å². The Kier molecular flexibility index (Phi) is 4.08. The number of hydrogen-bond donors (Lipinski definition) is 2. The molecule has 1 amide bonds. The maximum atomic E-state index is 12.6. The number of aromatic amines is 1. The molecule has 3 rings (SSSR count). The molecule has 1 heterocycles. The topological polar surface area (TPSA) is 71.2 Å². The van der Waals surface area contributed by atoms with Crippen molar-refractivity contribution in [2.45, 2.75) is 13.8 Å². The number of carbonyl (C=O) groups excluding carboxylic acids is 1.